The number of anilines is 1. The van der Waals surface area contributed by atoms with Gasteiger partial charge in [-0.3, -0.25) is 5.32 Å². The van der Waals surface area contributed by atoms with E-state index in [9.17, 15) is 13.2 Å². The van der Waals surface area contributed by atoms with Crippen LogP contribution in [0.4, 0.5) is 19.0 Å². The number of carboxylic acid groups (broad SMARTS) is 1. The predicted octanol–water partition coefficient (Wildman–Crippen LogP) is 2.56. The fraction of sp³-hybridized carbons (Fsp3) is 0.389. The van der Waals surface area contributed by atoms with Crippen molar-refractivity contribution in [3.05, 3.63) is 40.0 Å². The first kappa shape index (κ1) is 22.4. The second-order valence-corrected chi connectivity index (χ2v) is 7.20. The molecule has 0 bridgehead atoms. The van der Waals surface area contributed by atoms with E-state index in [0.717, 1.165) is 28.5 Å². The molecule has 0 amide bonds. The van der Waals surface area contributed by atoms with Crippen molar-refractivity contribution >= 4 is 23.1 Å². The van der Waals surface area contributed by atoms with Crippen molar-refractivity contribution in [3.63, 3.8) is 0 Å². The van der Waals surface area contributed by atoms with Gasteiger partial charge in [0.2, 0.25) is 0 Å². The summed E-state index contributed by atoms with van der Waals surface area (Å²) in [4.78, 5) is 16.3. The van der Waals surface area contributed by atoms with E-state index >= 15 is 0 Å². The lowest BCUT2D eigenvalue weighted by Crippen LogP contribution is -2.37. The molecule has 0 aliphatic rings. The summed E-state index contributed by atoms with van der Waals surface area (Å²) in [6, 6.07) is 4.03. The third kappa shape index (κ3) is 8.55. The van der Waals surface area contributed by atoms with Crippen LogP contribution in [0.2, 0.25) is 0 Å². The molecule has 2 aromatic rings. The zero-order valence-corrected chi connectivity index (χ0v) is 16.1. The van der Waals surface area contributed by atoms with E-state index in [-0.39, 0.29) is 5.54 Å². The van der Waals surface area contributed by atoms with Crippen LogP contribution in [0.15, 0.2) is 23.7 Å². The maximum Gasteiger partial charge on any atom is 0.430 e. The second-order valence-electron chi connectivity index (χ2n) is 6.14. The number of aromatic nitrogens is 2. The highest BCUT2D eigenvalue weighted by Gasteiger charge is 2.28. The van der Waals surface area contributed by atoms with E-state index in [0.29, 0.717) is 0 Å². The van der Waals surface area contributed by atoms with Crippen molar-refractivity contribution in [1.82, 2.24) is 4.98 Å². The Morgan fingerprint density at radius 3 is 2.37 bits per heavy atom. The van der Waals surface area contributed by atoms with Gasteiger partial charge in [-0.2, -0.15) is 13.2 Å². The number of nitrogens with zero attached hydrogens (tertiary/aromatic N) is 1. The predicted molar refractivity (Wildman–Crippen MR) is 94.9 cm³/mol. The van der Waals surface area contributed by atoms with Gasteiger partial charge in [0, 0.05) is 11.4 Å². The molecule has 0 aliphatic heterocycles. The number of hydrogen-bond acceptors (Lipinski definition) is 5. The van der Waals surface area contributed by atoms with E-state index in [1.165, 1.54) is 0 Å². The molecule has 2 heterocycles. The lowest BCUT2D eigenvalue weighted by molar-refractivity contribution is -0.362. The highest BCUT2D eigenvalue weighted by Crippen LogP contribution is 2.14. The summed E-state index contributed by atoms with van der Waals surface area (Å²) in [6.07, 6.45) is -2.22. The zero-order chi connectivity index (χ0) is 20.7. The Labute approximate surface area is 159 Å². The SMILES string of the molecule is CCC(C)(C)Nc1ccc(C#Cc2csc(C)n2)c[nH+]1.O=C([O-])C(F)(F)F. The molecule has 0 aromatic carbocycles. The van der Waals surface area contributed by atoms with E-state index in [1.54, 1.807) is 11.3 Å². The third-order valence-electron chi connectivity index (χ3n) is 3.36. The van der Waals surface area contributed by atoms with Crippen LogP contribution >= 0.6 is 11.3 Å². The molecule has 0 aliphatic carbocycles. The largest absolute Gasteiger partial charge is 0.542 e. The van der Waals surface area contributed by atoms with E-state index in [4.69, 9.17) is 9.90 Å². The maximum absolute atomic E-state index is 10.5. The van der Waals surface area contributed by atoms with Gasteiger partial charge in [-0.05, 0) is 39.2 Å². The molecule has 5 nitrogen and oxygen atoms in total. The Balaban J connectivity index is 0.000000445. The van der Waals surface area contributed by atoms with Crippen LogP contribution in [0.3, 0.4) is 0 Å². The van der Waals surface area contributed by atoms with Crippen molar-refractivity contribution < 1.29 is 28.1 Å². The molecule has 2 rings (SSSR count). The molecule has 27 heavy (non-hydrogen) atoms. The number of carbonyl (C=O) groups excluding carboxylic acids is 1. The van der Waals surface area contributed by atoms with Crippen LogP contribution < -0.4 is 15.4 Å². The Hall–Kier alpha value is -2.60. The molecule has 2 aromatic heterocycles. The Morgan fingerprint density at radius 1 is 1.33 bits per heavy atom. The summed E-state index contributed by atoms with van der Waals surface area (Å²) in [5.41, 5.74) is 1.87. The third-order valence-corrected chi connectivity index (χ3v) is 4.13. The van der Waals surface area contributed by atoms with Crippen LogP contribution in [0.5, 0.6) is 0 Å². The number of thiazole rings is 1. The highest BCUT2D eigenvalue weighted by molar-refractivity contribution is 7.09. The first-order valence-corrected chi connectivity index (χ1v) is 8.83. The quantitative estimate of drug-likeness (QED) is 0.805. The number of nitrogens with one attached hydrogen (secondary N) is 2. The number of alkyl halides is 3. The van der Waals surface area contributed by atoms with Crippen molar-refractivity contribution in [3.8, 4) is 11.8 Å². The molecule has 9 heteroatoms. The molecule has 0 fully saturated rings. The number of aliphatic carboxylic acids is 1. The standard InChI is InChI=1S/C16H19N3S.C2HF3O2/c1-5-16(3,4)19-15-9-7-13(10-17-15)6-8-14-11-20-12(2)18-14;3-2(4,5)1(6)7/h7,9-11H,5H2,1-4H3,(H,17,19);(H,6,7). The number of hydrogen-bond donors (Lipinski definition) is 1. The number of H-pyrrole nitrogens is 1. The average molecular weight is 399 g/mol. The van der Waals surface area contributed by atoms with Crippen molar-refractivity contribution in [2.75, 3.05) is 5.32 Å². The smallest absolute Gasteiger partial charge is 0.430 e. The lowest BCUT2D eigenvalue weighted by Gasteiger charge is -2.18. The summed E-state index contributed by atoms with van der Waals surface area (Å²) < 4.78 is 31.5. The minimum atomic E-state index is -5.19. The maximum atomic E-state index is 10.5. The summed E-state index contributed by atoms with van der Waals surface area (Å²) in [5, 5.41) is 15.3. The number of rotatable bonds is 3. The van der Waals surface area contributed by atoms with Gasteiger partial charge in [0.25, 0.3) is 5.82 Å². The normalized spacial score (nSPS) is 10.9. The minimum absolute atomic E-state index is 0.0851. The topological polar surface area (TPSA) is 79.2 Å². The molecule has 146 valence electrons. The average Bonchev–Trinajstić information content (AvgIpc) is 2.99. The molecular weight excluding hydrogens is 379 g/mol. The highest BCUT2D eigenvalue weighted by atomic mass is 32.1. The first-order chi connectivity index (χ1) is 12.4. The number of pyridine rings is 1. The fourth-order valence-corrected chi connectivity index (χ4v) is 2.14. The Kier molecular flexibility index (Phi) is 7.79. The lowest BCUT2D eigenvalue weighted by atomic mass is 10.0. The van der Waals surface area contributed by atoms with E-state index < -0.39 is 12.1 Å². The van der Waals surface area contributed by atoms with Gasteiger partial charge in [-0.25, -0.2) is 9.97 Å². The van der Waals surface area contributed by atoms with Gasteiger partial charge in [-0.1, -0.05) is 12.8 Å². The zero-order valence-electron chi connectivity index (χ0n) is 15.3. The van der Waals surface area contributed by atoms with Crippen molar-refractivity contribution in [2.45, 2.75) is 45.8 Å². The number of halogens is 3. The fourth-order valence-electron chi connectivity index (χ4n) is 1.59. The van der Waals surface area contributed by atoms with Gasteiger partial charge in [0.15, 0.2) is 0 Å². The monoisotopic (exact) mass is 399 g/mol. The van der Waals surface area contributed by atoms with Crippen LogP contribution in [0, 0.1) is 18.8 Å². The molecule has 0 saturated heterocycles. The number of carboxylic acids is 1. The molecule has 0 unspecified atom stereocenters. The molecule has 0 atom stereocenters. The number of aromatic amines is 1. The summed E-state index contributed by atoms with van der Waals surface area (Å²) in [5.74, 6) is 4.18. The van der Waals surface area contributed by atoms with E-state index in [1.807, 2.05) is 30.6 Å². The van der Waals surface area contributed by atoms with Crippen molar-refractivity contribution in [2.24, 2.45) is 0 Å². The first-order valence-electron chi connectivity index (χ1n) is 7.95. The Bertz CT molecular complexity index is 819. The van der Waals surface area contributed by atoms with Crippen LogP contribution in [-0.2, 0) is 4.79 Å². The molecule has 0 radical (unpaired) electrons. The van der Waals surface area contributed by atoms with Gasteiger partial charge >= 0.3 is 6.18 Å². The second kappa shape index (κ2) is 9.37. The molecule has 0 spiro atoms. The van der Waals surface area contributed by atoms with Crippen molar-refractivity contribution in [1.29, 1.82) is 0 Å². The molecule has 2 N–H and O–H groups in total. The van der Waals surface area contributed by atoms with Gasteiger partial charge < -0.3 is 9.90 Å². The van der Waals surface area contributed by atoms with Gasteiger partial charge in [0.05, 0.1) is 16.1 Å². The Morgan fingerprint density at radius 2 is 1.96 bits per heavy atom. The van der Waals surface area contributed by atoms with Gasteiger partial charge in [-0.15, -0.1) is 11.3 Å². The van der Waals surface area contributed by atoms with Gasteiger partial charge in [0.1, 0.15) is 17.9 Å². The van der Waals surface area contributed by atoms with Crippen LogP contribution in [-0.4, -0.2) is 22.7 Å². The summed E-state index contributed by atoms with van der Waals surface area (Å²) in [7, 11) is 0. The molecule has 0 saturated carbocycles. The van der Waals surface area contributed by atoms with Crippen LogP contribution in [0.1, 0.15) is 43.5 Å². The molecular formula is C18H20F3N3O2S. The van der Waals surface area contributed by atoms with Crippen LogP contribution in [0.25, 0.3) is 0 Å². The summed E-state index contributed by atoms with van der Waals surface area (Å²) >= 11 is 1.62. The van der Waals surface area contributed by atoms with E-state index in [2.05, 4.69) is 47.9 Å². The number of aryl methyl sites for hydroxylation is 1. The minimum Gasteiger partial charge on any atom is -0.542 e. The number of carbonyl (C=O) groups is 1. The summed E-state index contributed by atoms with van der Waals surface area (Å²) in [6.45, 7) is 8.51.